The molecule has 4 aromatic rings. The van der Waals surface area contributed by atoms with E-state index >= 15 is 0 Å². The summed E-state index contributed by atoms with van der Waals surface area (Å²) in [5.74, 6) is -0.0242. The van der Waals surface area contributed by atoms with Crippen molar-refractivity contribution in [2.45, 2.75) is 77.7 Å². The van der Waals surface area contributed by atoms with E-state index in [-0.39, 0.29) is 47.4 Å². The molecule has 2 atom stereocenters. The monoisotopic (exact) mass is 687 g/mol. The van der Waals surface area contributed by atoms with Crippen LogP contribution in [-0.2, 0) is 9.59 Å². The van der Waals surface area contributed by atoms with Crippen LogP contribution in [0.4, 0.5) is 0 Å². The van der Waals surface area contributed by atoms with Crippen molar-refractivity contribution < 1.29 is 43.2 Å². The molecule has 2 aromatic heterocycles. The highest BCUT2D eigenvalue weighted by Crippen LogP contribution is 2.33. The molecule has 2 aromatic carbocycles. The van der Waals surface area contributed by atoms with Crippen molar-refractivity contribution in [3.05, 3.63) is 59.9 Å². The van der Waals surface area contributed by atoms with Crippen molar-refractivity contribution in [1.29, 1.82) is 0 Å². The number of carbonyl (C=O) groups excluding carboxylic acids is 3. The molecule has 14 heteroatoms. The van der Waals surface area contributed by atoms with Gasteiger partial charge in [0, 0.05) is 36.0 Å². The highest BCUT2D eigenvalue weighted by molar-refractivity contribution is 6.02. The molecule has 0 radical (unpaired) electrons. The van der Waals surface area contributed by atoms with Gasteiger partial charge in [-0.15, -0.1) is 0 Å². The molecule has 0 saturated carbocycles. The predicted octanol–water partition coefficient (Wildman–Crippen LogP) is 4.16. The lowest BCUT2D eigenvalue weighted by Gasteiger charge is -2.16. The summed E-state index contributed by atoms with van der Waals surface area (Å²) >= 11 is 0. The van der Waals surface area contributed by atoms with Gasteiger partial charge in [-0.1, -0.05) is 0 Å². The largest absolute Gasteiger partial charge is 0.490 e. The van der Waals surface area contributed by atoms with Crippen LogP contribution in [0.15, 0.2) is 48.8 Å². The molecule has 3 amide bonds. The van der Waals surface area contributed by atoms with Crippen molar-refractivity contribution in [3.8, 4) is 23.3 Å². The first kappa shape index (κ1) is 35.6. The Morgan fingerprint density at radius 2 is 1.22 bits per heavy atom. The van der Waals surface area contributed by atoms with Gasteiger partial charge < -0.3 is 40.4 Å². The van der Waals surface area contributed by atoms with Gasteiger partial charge >= 0.3 is 5.97 Å². The minimum Gasteiger partial charge on any atom is -0.490 e. The van der Waals surface area contributed by atoms with Gasteiger partial charge in [0.15, 0.2) is 0 Å². The first-order valence-electron chi connectivity index (χ1n) is 16.4. The number of pyridine rings is 2. The smallest absolute Gasteiger partial charge is 0.339 e. The number of aromatic carboxylic acids is 1. The Balaban J connectivity index is 0.000000194. The number of hydrogen-bond donors (Lipinski definition) is 4. The Hall–Kier alpha value is -5.66. The molecule has 4 heterocycles. The third kappa shape index (κ3) is 8.87. The molecule has 0 bridgehead atoms. The normalized spacial score (nSPS) is 16.9. The maximum absolute atomic E-state index is 11.7. The number of nitrogens with two attached hydrogens (primary N) is 1. The third-order valence-corrected chi connectivity index (χ3v) is 7.89. The lowest BCUT2D eigenvalue weighted by Crippen LogP contribution is -2.31. The Morgan fingerprint density at radius 1 is 0.780 bits per heavy atom. The first-order chi connectivity index (χ1) is 23.9. The molecule has 0 aliphatic carbocycles. The number of benzene rings is 2. The van der Waals surface area contributed by atoms with Gasteiger partial charge in [0.05, 0.1) is 29.9 Å². The molecule has 2 aliphatic rings. The number of primary amides is 1. The van der Waals surface area contributed by atoms with E-state index in [0.29, 0.717) is 59.9 Å². The highest BCUT2D eigenvalue weighted by Gasteiger charge is 2.24. The topological polar surface area (TPSA) is 201 Å². The van der Waals surface area contributed by atoms with E-state index in [0.717, 1.165) is 23.6 Å². The van der Waals surface area contributed by atoms with E-state index < -0.39 is 11.9 Å². The summed E-state index contributed by atoms with van der Waals surface area (Å²) in [4.78, 5) is 54.3. The SMILES string of the molecule is CC(C)Oc1cc2c(OC[C@@H]3CCC(=O)N3)nccc2cc1C(=O)O.CC(C)Oc1cc2c(OC[C@@H]3CCC(=O)N3)nccc2cc1C(N)=O. The van der Waals surface area contributed by atoms with Crippen molar-refractivity contribution in [1.82, 2.24) is 20.6 Å². The third-order valence-electron chi connectivity index (χ3n) is 7.89. The molecule has 264 valence electrons. The molecule has 2 fully saturated rings. The standard InChI is InChI=1S/C18H21N3O4.C18H20N2O5/c1-10(2)25-15-8-13-11(7-14(15)17(19)23)5-6-20-18(13)24-9-12-3-4-16(22)21-12;1-10(2)25-15-8-13-11(7-14(15)18(22)23)5-6-19-17(13)24-9-12-3-4-16(21)20-12/h5-8,10,12H,3-4,9H2,1-2H3,(H2,19,23)(H,21,22);5-8,10,12H,3-4,9H2,1-2H3,(H,20,21)(H,22,23)/t2*12-/m00/s1. The fraction of sp³-hybridized carbons (Fsp3) is 0.389. The van der Waals surface area contributed by atoms with Crippen LogP contribution in [0.5, 0.6) is 23.3 Å². The number of carboxylic acids is 1. The van der Waals surface area contributed by atoms with Crippen LogP contribution >= 0.6 is 0 Å². The molecular weight excluding hydrogens is 646 g/mol. The summed E-state index contributed by atoms with van der Waals surface area (Å²) in [5.41, 5.74) is 5.89. The van der Waals surface area contributed by atoms with Crippen molar-refractivity contribution in [3.63, 3.8) is 0 Å². The van der Waals surface area contributed by atoms with Crippen LogP contribution in [-0.4, -0.2) is 76.3 Å². The zero-order valence-corrected chi connectivity index (χ0v) is 28.4. The van der Waals surface area contributed by atoms with Crippen LogP contribution in [0.25, 0.3) is 21.5 Å². The Kier molecular flexibility index (Phi) is 11.2. The maximum Gasteiger partial charge on any atom is 0.339 e. The second kappa shape index (κ2) is 15.7. The Morgan fingerprint density at radius 3 is 1.60 bits per heavy atom. The van der Waals surface area contributed by atoms with Gasteiger partial charge in [-0.25, -0.2) is 14.8 Å². The van der Waals surface area contributed by atoms with Crippen LogP contribution in [0.2, 0.25) is 0 Å². The molecule has 2 saturated heterocycles. The molecule has 5 N–H and O–H groups in total. The summed E-state index contributed by atoms with van der Waals surface area (Å²) in [5, 5.41) is 18.0. The maximum atomic E-state index is 11.7. The van der Waals surface area contributed by atoms with E-state index in [2.05, 4.69) is 20.6 Å². The number of ether oxygens (including phenoxy) is 4. The quantitative estimate of drug-likeness (QED) is 0.167. The number of nitrogens with zero attached hydrogens (tertiary/aromatic N) is 2. The summed E-state index contributed by atoms with van der Waals surface area (Å²) < 4.78 is 23.0. The summed E-state index contributed by atoms with van der Waals surface area (Å²) in [6, 6.07) is 10.1. The number of fused-ring (bicyclic) bond motifs is 2. The minimum atomic E-state index is -1.05. The highest BCUT2D eigenvalue weighted by atomic mass is 16.5. The number of hydrogen-bond acceptors (Lipinski definition) is 10. The van der Waals surface area contributed by atoms with E-state index in [4.69, 9.17) is 24.7 Å². The van der Waals surface area contributed by atoms with Crippen LogP contribution in [0.3, 0.4) is 0 Å². The summed E-state index contributed by atoms with van der Waals surface area (Å²) in [7, 11) is 0. The summed E-state index contributed by atoms with van der Waals surface area (Å²) in [6.07, 6.45) is 5.41. The molecule has 0 unspecified atom stereocenters. The molecule has 50 heavy (non-hydrogen) atoms. The average Bonchev–Trinajstić information content (AvgIpc) is 3.68. The van der Waals surface area contributed by atoms with Crippen LogP contribution in [0.1, 0.15) is 74.1 Å². The molecule has 6 rings (SSSR count). The number of carbonyl (C=O) groups is 4. The Bertz CT molecular complexity index is 1780. The summed E-state index contributed by atoms with van der Waals surface area (Å²) in [6.45, 7) is 8.07. The fourth-order valence-corrected chi connectivity index (χ4v) is 5.61. The Labute approximate surface area is 288 Å². The van der Waals surface area contributed by atoms with Crippen molar-refractivity contribution in [2.75, 3.05) is 13.2 Å². The van der Waals surface area contributed by atoms with E-state index in [1.54, 1.807) is 48.8 Å². The molecule has 14 nitrogen and oxygen atoms in total. The van der Waals surface area contributed by atoms with E-state index in [9.17, 15) is 24.3 Å². The van der Waals surface area contributed by atoms with Gasteiger partial charge in [0.2, 0.25) is 23.6 Å². The molecular formula is C36H41N5O9. The number of nitrogens with one attached hydrogen (secondary N) is 2. The predicted molar refractivity (Wildman–Crippen MR) is 184 cm³/mol. The second-order valence-electron chi connectivity index (χ2n) is 12.6. The van der Waals surface area contributed by atoms with E-state index in [1.165, 1.54) is 0 Å². The van der Waals surface area contributed by atoms with Crippen molar-refractivity contribution in [2.24, 2.45) is 5.73 Å². The molecule has 0 spiro atoms. The lowest BCUT2D eigenvalue weighted by molar-refractivity contribution is -0.120. The average molecular weight is 688 g/mol. The van der Waals surface area contributed by atoms with Crippen LogP contribution in [0, 0.1) is 0 Å². The number of aromatic nitrogens is 2. The van der Waals surface area contributed by atoms with Gasteiger partial charge in [-0.2, -0.15) is 0 Å². The number of rotatable bonds is 12. The van der Waals surface area contributed by atoms with Gasteiger partial charge in [0.25, 0.3) is 5.91 Å². The van der Waals surface area contributed by atoms with Gasteiger partial charge in [-0.3, -0.25) is 14.4 Å². The van der Waals surface area contributed by atoms with Crippen LogP contribution < -0.4 is 35.3 Å². The zero-order valence-electron chi connectivity index (χ0n) is 28.4. The minimum absolute atomic E-state index is 0.0131. The number of carboxylic acid groups (broad SMARTS) is 1. The van der Waals surface area contributed by atoms with Gasteiger partial charge in [-0.05, 0) is 87.7 Å². The lowest BCUT2D eigenvalue weighted by atomic mass is 10.1. The van der Waals surface area contributed by atoms with Gasteiger partial charge in [0.1, 0.15) is 30.3 Å². The van der Waals surface area contributed by atoms with Crippen molar-refractivity contribution >= 4 is 45.2 Å². The second-order valence-corrected chi connectivity index (χ2v) is 12.6. The first-order valence-corrected chi connectivity index (χ1v) is 16.4. The number of amides is 3. The fourth-order valence-electron chi connectivity index (χ4n) is 5.61. The van der Waals surface area contributed by atoms with E-state index in [1.807, 2.05) is 27.7 Å². The molecule has 2 aliphatic heterocycles. The zero-order chi connectivity index (χ0) is 35.9.